The molecule has 0 aromatic carbocycles. The van der Waals surface area contributed by atoms with Crippen LogP contribution in [0.4, 0.5) is 10.6 Å². The van der Waals surface area contributed by atoms with Crippen LogP contribution in [0.5, 0.6) is 0 Å². The van der Waals surface area contributed by atoms with Crippen LogP contribution >= 0.6 is 0 Å². The second kappa shape index (κ2) is 8.26. The zero-order chi connectivity index (χ0) is 21.4. The largest absolute Gasteiger partial charge is 0.377 e. The number of pyridine rings is 1. The molecule has 2 atom stereocenters. The molecule has 2 aromatic heterocycles. The van der Waals surface area contributed by atoms with Crippen molar-refractivity contribution in [1.82, 2.24) is 25.2 Å². The van der Waals surface area contributed by atoms with Crippen molar-refractivity contribution in [2.45, 2.75) is 31.7 Å². The quantitative estimate of drug-likeness (QED) is 0.821. The third-order valence-corrected chi connectivity index (χ3v) is 6.41. The Labute approximate surface area is 182 Å². The molecule has 0 saturated carbocycles. The molecule has 0 bridgehead atoms. The van der Waals surface area contributed by atoms with Gasteiger partial charge >= 0.3 is 6.03 Å². The van der Waals surface area contributed by atoms with Crippen LogP contribution in [0, 0.1) is 0 Å². The van der Waals surface area contributed by atoms with Crippen molar-refractivity contribution in [3.05, 3.63) is 41.4 Å². The summed E-state index contributed by atoms with van der Waals surface area (Å²) in [4.78, 5) is 30.8. The van der Waals surface area contributed by atoms with Crippen molar-refractivity contribution in [3.63, 3.8) is 0 Å². The van der Waals surface area contributed by atoms with Crippen molar-refractivity contribution in [2.24, 2.45) is 0 Å². The standard InChI is InChI=1S/C23H28N6O2/c1-15-14-31-11-10-29(15)21-12-20(16-7-9-28(13-16)23(30)24-2)26-22(27-21)18-6-8-25-19-5-3-4-17(18)19/h3-4,6,8,12,15-16H,5,7,9-11,13-14H2,1-2H3,(H,24,30)/t15-,16+/m1/s1. The lowest BCUT2D eigenvalue weighted by Crippen LogP contribution is -2.44. The van der Waals surface area contributed by atoms with Crippen molar-refractivity contribution < 1.29 is 9.53 Å². The third-order valence-electron chi connectivity index (χ3n) is 6.41. The molecule has 31 heavy (non-hydrogen) atoms. The average molecular weight is 421 g/mol. The zero-order valence-electron chi connectivity index (χ0n) is 18.0. The van der Waals surface area contributed by atoms with Crippen LogP contribution in [0.1, 0.15) is 36.2 Å². The van der Waals surface area contributed by atoms with Crippen LogP contribution < -0.4 is 10.2 Å². The minimum absolute atomic E-state index is 0.0316. The Balaban J connectivity index is 1.56. The molecule has 0 radical (unpaired) electrons. The number of rotatable bonds is 3. The van der Waals surface area contributed by atoms with Gasteiger partial charge in [-0.3, -0.25) is 4.98 Å². The van der Waals surface area contributed by atoms with Gasteiger partial charge in [0, 0.05) is 62.4 Å². The number of carbonyl (C=O) groups excluding carboxylic acids is 1. The molecule has 8 nitrogen and oxygen atoms in total. The number of urea groups is 1. The maximum Gasteiger partial charge on any atom is 0.317 e. The molecule has 2 fully saturated rings. The summed E-state index contributed by atoms with van der Waals surface area (Å²) >= 11 is 0. The van der Waals surface area contributed by atoms with E-state index in [9.17, 15) is 4.79 Å². The number of nitrogens with zero attached hydrogens (tertiary/aromatic N) is 5. The van der Waals surface area contributed by atoms with E-state index in [1.807, 2.05) is 17.2 Å². The summed E-state index contributed by atoms with van der Waals surface area (Å²) in [6, 6.07) is 4.33. The molecule has 162 valence electrons. The number of nitrogens with one attached hydrogen (secondary N) is 1. The Morgan fingerprint density at radius 3 is 3.03 bits per heavy atom. The number of likely N-dealkylation sites (tertiary alicyclic amines) is 1. The molecule has 8 heteroatoms. The van der Waals surface area contributed by atoms with Gasteiger partial charge in [-0.15, -0.1) is 0 Å². The Kier molecular flexibility index (Phi) is 5.31. The molecule has 2 aliphatic heterocycles. The smallest absolute Gasteiger partial charge is 0.317 e. The molecule has 0 unspecified atom stereocenters. The molecule has 2 amide bonds. The van der Waals surface area contributed by atoms with E-state index in [-0.39, 0.29) is 18.0 Å². The van der Waals surface area contributed by atoms with Crippen LogP contribution in [0.3, 0.4) is 0 Å². The van der Waals surface area contributed by atoms with Crippen molar-refractivity contribution in [3.8, 4) is 11.4 Å². The minimum Gasteiger partial charge on any atom is -0.377 e. The van der Waals surface area contributed by atoms with E-state index in [4.69, 9.17) is 14.7 Å². The number of morpholine rings is 1. The Morgan fingerprint density at radius 2 is 2.19 bits per heavy atom. The number of hydrogen-bond acceptors (Lipinski definition) is 6. The maximum atomic E-state index is 12.1. The second-order valence-corrected chi connectivity index (χ2v) is 8.40. The highest BCUT2D eigenvalue weighted by atomic mass is 16.5. The van der Waals surface area contributed by atoms with Crippen LogP contribution in [-0.2, 0) is 11.2 Å². The van der Waals surface area contributed by atoms with Crippen LogP contribution in [0.25, 0.3) is 17.5 Å². The predicted octanol–water partition coefficient (Wildman–Crippen LogP) is 2.46. The van der Waals surface area contributed by atoms with Crippen molar-refractivity contribution >= 4 is 17.9 Å². The van der Waals surface area contributed by atoms with Gasteiger partial charge in [-0.05, 0) is 19.4 Å². The van der Waals surface area contributed by atoms with Gasteiger partial charge < -0.3 is 19.9 Å². The third kappa shape index (κ3) is 3.76. The number of ether oxygens (including phenoxy) is 1. The Morgan fingerprint density at radius 1 is 1.29 bits per heavy atom. The number of carbonyl (C=O) groups is 1. The second-order valence-electron chi connectivity index (χ2n) is 8.40. The normalized spacial score (nSPS) is 22.6. The highest BCUT2D eigenvalue weighted by Crippen LogP contribution is 2.33. The molecular formula is C23H28N6O2. The van der Waals surface area contributed by atoms with Gasteiger partial charge in [-0.25, -0.2) is 14.8 Å². The molecule has 2 aromatic rings. The summed E-state index contributed by atoms with van der Waals surface area (Å²) in [5, 5.41) is 2.73. The number of hydrogen-bond donors (Lipinski definition) is 1. The lowest BCUT2D eigenvalue weighted by atomic mass is 10.0. The number of amides is 2. The molecule has 5 rings (SSSR count). The summed E-state index contributed by atoms with van der Waals surface area (Å²) in [6.45, 7) is 5.76. The zero-order valence-corrected chi connectivity index (χ0v) is 18.0. The number of anilines is 1. The summed E-state index contributed by atoms with van der Waals surface area (Å²) in [5.74, 6) is 1.86. The first-order valence-electron chi connectivity index (χ1n) is 11.0. The number of fused-ring (bicyclic) bond motifs is 1. The van der Waals surface area contributed by atoms with Gasteiger partial charge in [0.05, 0.1) is 30.6 Å². The average Bonchev–Trinajstić information content (AvgIpc) is 3.48. The first-order chi connectivity index (χ1) is 15.1. The van der Waals surface area contributed by atoms with Crippen molar-refractivity contribution in [1.29, 1.82) is 0 Å². The van der Waals surface area contributed by atoms with E-state index in [2.05, 4.69) is 40.3 Å². The van der Waals surface area contributed by atoms with Crippen LogP contribution in [0.15, 0.2) is 24.4 Å². The van der Waals surface area contributed by atoms with Gasteiger partial charge in [-0.2, -0.15) is 0 Å². The molecule has 3 aliphatic rings. The van der Waals surface area contributed by atoms with Gasteiger partial charge in [0.1, 0.15) is 5.82 Å². The van der Waals surface area contributed by atoms with E-state index in [1.165, 1.54) is 0 Å². The lowest BCUT2D eigenvalue weighted by Gasteiger charge is -2.34. The Hall–Kier alpha value is -3.00. The van der Waals surface area contributed by atoms with Crippen LogP contribution in [-0.4, -0.2) is 71.8 Å². The molecule has 4 heterocycles. The summed E-state index contributed by atoms with van der Waals surface area (Å²) in [6.07, 6.45) is 7.84. The van der Waals surface area contributed by atoms with Gasteiger partial charge in [-0.1, -0.05) is 12.2 Å². The van der Waals surface area contributed by atoms with E-state index in [0.29, 0.717) is 19.8 Å². The molecule has 0 spiro atoms. The van der Waals surface area contributed by atoms with Crippen LogP contribution in [0.2, 0.25) is 0 Å². The molecule has 2 saturated heterocycles. The first kappa shape index (κ1) is 19.9. The SMILES string of the molecule is CNC(=O)N1CC[C@H](c2cc(N3CCOC[C@H]3C)nc(-c3ccnc4c3C=CC4)n2)C1. The maximum absolute atomic E-state index is 12.1. The van der Waals surface area contributed by atoms with Gasteiger partial charge in [0.25, 0.3) is 0 Å². The molecule has 1 aliphatic carbocycles. The monoisotopic (exact) mass is 420 g/mol. The van der Waals surface area contributed by atoms with E-state index >= 15 is 0 Å². The molecular weight excluding hydrogens is 392 g/mol. The van der Waals surface area contributed by atoms with E-state index < -0.39 is 0 Å². The minimum atomic E-state index is -0.0316. The number of aromatic nitrogens is 3. The summed E-state index contributed by atoms with van der Waals surface area (Å²) < 4.78 is 5.64. The number of allylic oxidation sites excluding steroid dienone is 1. The van der Waals surface area contributed by atoms with Gasteiger partial charge in [0.15, 0.2) is 5.82 Å². The highest BCUT2D eigenvalue weighted by Gasteiger charge is 2.30. The van der Waals surface area contributed by atoms with Gasteiger partial charge in [0.2, 0.25) is 0 Å². The topological polar surface area (TPSA) is 83.5 Å². The highest BCUT2D eigenvalue weighted by molar-refractivity contribution is 5.76. The lowest BCUT2D eigenvalue weighted by molar-refractivity contribution is 0.0985. The molecule has 1 N–H and O–H groups in total. The Bertz CT molecular complexity index is 1020. The summed E-state index contributed by atoms with van der Waals surface area (Å²) in [5.41, 5.74) is 4.19. The van der Waals surface area contributed by atoms with Crippen molar-refractivity contribution in [2.75, 3.05) is 44.8 Å². The van der Waals surface area contributed by atoms with E-state index in [1.54, 1.807) is 7.05 Å². The summed E-state index contributed by atoms with van der Waals surface area (Å²) in [7, 11) is 1.67. The fourth-order valence-corrected chi connectivity index (χ4v) is 4.69. The fraction of sp³-hybridized carbons (Fsp3) is 0.478. The van der Waals surface area contributed by atoms with E-state index in [0.717, 1.165) is 60.1 Å². The first-order valence-corrected chi connectivity index (χ1v) is 11.0. The fourth-order valence-electron chi connectivity index (χ4n) is 4.69. The predicted molar refractivity (Wildman–Crippen MR) is 119 cm³/mol.